The highest BCUT2D eigenvalue weighted by Crippen LogP contribution is 2.29. The number of hydrazone groups is 1. The highest BCUT2D eigenvalue weighted by molar-refractivity contribution is 6.08. The van der Waals surface area contributed by atoms with Crippen LogP contribution >= 0.6 is 0 Å². The van der Waals surface area contributed by atoms with Crippen LogP contribution in [0.15, 0.2) is 59.7 Å². The third kappa shape index (κ3) is 4.25. The number of benzene rings is 3. The first-order chi connectivity index (χ1) is 13.5. The summed E-state index contributed by atoms with van der Waals surface area (Å²) in [5, 5.41) is 7.56. The predicted octanol–water partition coefficient (Wildman–Crippen LogP) is 2.30. The molecule has 7 N–H and O–H groups in total. The number of hydrogen-bond donors (Lipinski definition) is 4. The Morgan fingerprint density at radius 2 is 1.82 bits per heavy atom. The lowest BCUT2D eigenvalue weighted by Gasteiger charge is -2.11. The van der Waals surface area contributed by atoms with Gasteiger partial charge in [0.15, 0.2) is 0 Å². The van der Waals surface area contributed by atoms with Crippen molar-refractivity contribution in [2.24, 2.45) is 22.4 Å². The Balaban J connectivity index is 1.98. The lowest BCUT2D eigenvalue weighted by molar-refractivity contribution is 0.102. The van der Waals surface area contributed by atoms with Crippen LogP contribution in [0.1, 0.15) is 21.5 Å². The van der Waals surface area contributed by atoms with Gasteiger partial charge in [-0.1, -0.05) is 24.3 Å². The van der Waals surface area contributed by atoms with Crippen LogP contribution in [0.25, 0.3) is 10.8 Å². The smallest absolute Gasteiger partial charge is 0.409 e. The fourth-order valence-electron chi connectivity index (χ4n) is 2.76. The summed E-state index contributed by atoms with van der Waals surface area (Å²) in [5.74, 6) is 4.99. The summed E-state index contributed by atoms with van der Waals surface area (Å²) in [6.07, 6.45) is 0.480. The standard InChI is InChI=1S/C20H19N5O3/c21-10-12-2-5-16(6-3-12)25-19(26)15-8-14-4-1-13(11-24-23)7-17(14)18(9-15)28-20(22)27/h1-9,11H,10,21,23H2,(H2,22,27)(H,25,26). The first kappa shape index (κ1) is 18.9. The monoisotopic (exact) mass is 377 g/mol. The van der Waals surface area contributed by atoms with E-state index in [1.165, 1.54) is 12.3 Å². The number of anilines is 1. The Labute approximate surface area is 161 Å². The van der Waals surface area contributed by atoms with Gasteiger partial charge in [0, 0.05) is 23.2 Å². The first-order valence-electron chi connectivity index (χ1n) is 8.39. The molecule has 142 valence electrons. The molecule has 28 heavy (non-hydrogen) atoms. The van der Waals surface area contributed by atoms with Crippen LogP contribution in [0.5, 0.6) is 5.75 Å². The van der Waals surface area contributed by atoms with E-state index in [1.54, 1.807) is 36.4 Å². The molecular formula is C20H19N5O3. The number of carbonyl (C=O) groups excluding carboxylic acids is 2. The van der Waals surface area contributed by atoms with E-state index >= 15 is 0 Å². The molecular weight excluding hydrogens is 358 g/mol. The highest BCUT2D eigenvalue weighted by Gasteiger charge is 2.14. The molecule has 0 bridgehead atoms. The maximum Gasteiger partial charge on any atom is 0.409 e. The molecule has 3 aromatic rings. The number of ether oxygens (including phenoxy) is 1. The Hall–Kier alpha value is -3.91. The van der Waals surface area contributed by atoms with E-state index in [0.29, 0.717) is 34.1 Å². The summed E-state index contributed by atoms with van der Waals surface area (Å²) in [7, 11) is 0. The average molecular weight is 377 g/mol. The molecule has 8 heteroatoms. The van der Waals surface area contributed by atoms with Gasteiger partial charge < -0.3 is 27.4 Å². The SMILES string of the molecule is NCc1ccc(NC(=O)c2cc(OC(N)=O)c3cc(C=NN)ccc3c2)cc1. The molecule has 0 saturated carbocycles. The molecule has 0 atom stereocenters. The van der Waals surface area contributed by atoms with Crippen LogP contribution in [-0.4, -0.2) is 18.2 Å². The highest BCUT2D eigenvalue weighted by atomic mass is 16.5. The molecule has 0 aliphatic heterocycles. The topological polar surface area (TPSA) is 146 Å². The zero-order valence-electron chi connectivity index (χ0n) is 14.9. The fraction of sp³-hybridized carbons (Fsp3) is 0.0500. The van der Waals surface area contributed by atoms with Gasteiger partial charge in [-0.25, -0.2) is 4.79 Å². The van der Waals surface area contributed by atoms with E-state index in [4.69, 9.17) is 22.0 Å². The maximum atomic E-state index is 12.7. The molecule has 0 heterocycles. The minimum absolute atomic E-state index is 0.168. The second-order valence-electron chi connectivity index (χ2n) is 6.01. The number of primary amides is 1. The zero-order chi connectivity index (χ0) is 20.1. The molecule has 3 rings (SSSR count). The summed E-state index contributed by atoms with van der Waals surface area (Å²) in [5.41, 5.74) is 13.3. The van der Waals surface area contributed by atoms with E-state index in [9.17, 15) is 9.59 Å². The molecule has 0 unspecified atom stereocenters. The Morgan fingerprint density at radius 3 is 2.46 bits per heavy atom. The van der Waals surface area contributed by atoms with Gasteiger partial charge in [0.25, 0.3) is 5.91 Å². The largest absolute Gasteiger partial charge is 0.410 e. The van der Waals surface area contributed by atoms with Gasteiger partial charge in [0.1, 0.15) is 5.75 Å². The molecule has 0 fully saturated rings. The molecule has 0 radical (unpaired) electrons. The number of carbonyl (C=O) groups is 2. The minimum atomic E-state index is -0.978. The van der Waals surface area contributed by atoms with Crippen molar-refractivity contribution in [3.05, 3.63) is 71.3 Å². The summed E-state index contributed by atoms with van der Waals surface area (Å²) in [6.45, 7) is 0.420. The number of nitrogens with two attached hydrogens (primary N) is 3. The molecule has 0 aromatic heterocycles. The third-order valence-corrected chi connectivity index (χ3v) is 4.08. The first-order valence-corrected chi connectivity index (χ1v) is 8.39. The normalized spacial score (nSPS) is 10.9. The minimum Gasteiger partial charge on any atom is -0.410 e. The van der Waals surface area contributed by atoms with Gasteiger partial charge >= 0.3 is 6.09 Å². The number of nitrogens with one attached hydrogen (secondary N) is 1. The van der Waals surface area contributed by atoms with Gasteiger partial charge in [-0.2, -0.15) is 5.10 Å². The molecule has 0 saturated heterocycles. The van der Waals surface area contributed by atoms with Crippen molar-refractivity contribution in [1.29, 1.82) is 0 Å². The van der Waals surface area contributed by atoms with Gasteiger partial charge in [-0.05, 0) is 46.8 Å². The fourth-order valence-corrected chi connectivity index (χ4v) is 2.76. The van der Waals surface area contributed by atoms with Crippen molar-refractivity contribution in [3.8, 4) is 5.75 Å². The Bertz CT molecular complexity index is 1060. The molecule has 0 aliphatic carbocycles. The summed E-state index contributed by atoms with van der Waals surface area (Å²) in [6, 6.07) is 15.6. The zero-order valence-corrected chi connectivity index (χ0v) is 14.9. The van der Waals surface area contributed by atoms with E-state index in [2.05, 4.69) is 10.4 Å². The van der Waals surface area contributed by atoms with Gasteiger partial charge in [-0.3, -0.25) is 4.79 Å². The lowest BCUT2D eigenvalue weighted by atomic mass is 10.0. The summed E-state index contributed by atoms with van der Waals surface area (Å²) < 4.78 is 5.10. The van der Waals surface area contributed by atoms with Crippen LogP contribution in [-0.2, 0) is 6.54 Å². The Kier molecular flexibility index (Phi) is 5.52. The van der Waals surface area contributed by atoms with E-state index < -0.39 is 6.09 Å². The van der Waals surface area contributed by atoms with Crippen LogP contribution < -0.4 is 27.4 Å². The van der Waals surface area contributed by atoms with Crippen LogP contribution in [0.3, 0.4) is 0 Å². The van der Waals surface area contributed by atoms with Crippen LogP contribution in [0.2, 0.25) is 0 Å². The molecule has 8 nitrogen and oxygen atoms in total. The number of hydrogen-bond acceptors (Lipinski definition) is 6. The molecule has 2 amide bonds. The van der Waals surface area contributed by atoms with Gasteiger partial charge in [0.2, 0.25) is 0 Å². The van der Waals surface area contributed by atoms with Crippen molar-refractivity contribution in [2.75, 3.05) is 5.32 Å². The molecule has 0 aliphatic rings. The van der Waals surface area contributed by atoms with Crippen LogP contribution in [0, 0.1) is 0 Å². The quantitative estimate of drug-likeness (QED) is 0.306. The van der Waals surface area contributed by atoms with Crippen molar-refractivity contribution < 1.29 is 14.3 Å². The Morgan fingerprint density at radius 1 is 1.07 bits per heavy atom. The summed E-state index contributed by atoms with van der Waals surface area (Å²) >= 11 is 0. The third-order valence-electron chi connectivity index (χ3n) is 4.08. The van der Waals surface area contributed by atoms with Crippen molar-refractivity contribution in [3.63, 3.8) is 0 Å². The van der Waals surface area contributed by atoms with Crippen molar-refractivity contribution in [1.82, 2.24) is 0 Å². The summed E-state index contributed by atoms with van der Waals surface area (Å²) in [4.78, 5) is 24.0. The maximum absolute atomic E-state index is 12.7. The predicted molar refractivity (Wildman–Crippen MR) is 108 cm³/mol. The second kappa shape index (κ2) is 8.19. The van der Waals surface area contributed by atoms with E-state index in [-0.39, 0.29) is 11.7 Å². The van der Waals surface area contributed by atoms with E-state index in [1.807, 2.05) is 12.1 Å². The average Bonchev–Trinajstić information content (AvgIpc) is 2.68. The molecule has 3 aromatic carbocycles. The lowest BCUT2D eigenvalue weighted by Crippen LogP contribution is -2.17. The number of nitrogens with zero attached hydrogens (tertiary/aromatic N) is 1. The van der Waals surface area contributed by atoms with Crippen molar-refractivity contribution in [2.45, 2.75) is 6.54 Å². The van der Waals surface area contributed by atoms with Crippen molar-refractivity contribution >= 4 is 34.7 Å². The second-order valence-corrected chi connectivity index (χ2v) is 6.01. The van der Waals surface area contributed by atoms with Gasteiger partial charge in [0.05, 0.1) is 6.21 Å². The number of fused-ring (bicyclic) bond motifs is 1. The van der Waals surface area contributed by atoms with E-state index in [0.717, 1.165) is 5.56 Å². The van der Waals surface area contributed by atoms with Gasteiger partial charge in [-0.15, -0.1) is 0 Å². The van der Waals surface area contributed by atoms with Crippen LogP contribution in [0.4, 0.5) is 10.5 Å². The number of amides is 2. The number of rotatable bonds is 5. The molecule has 0 spiro atoms.